The van der Waals surface area contributed by atoms with Gasteiger partial charge in [-0.3, -0.25) is 0 Å². The van der Waals surface area contributed by atoms with Crippen molar-refractivity contribution in [2.75, 3.05) is 0 Å². The molecule has 0 saturated heterocycles. The van der Waals surface area contributed by atoms with Gasteiger partial charge in [0.2, 0.25) is 10.0 Å². The van der Waals surface area contributed by atoms with Gasteiger partial charge >= 0.3 is 0 Å². The Morgan fingerprint density at radius 2 is 1.88 bits per heavy atom. The number of nitrogens with two attached hydrogens (primary N) is 1. The average Bonchev–Trinajstić information content (AvgIpc) is 2.12. The highest BCUT2D eigenvalue weighted by Crippen LogP contribution is 2.12. The zero-order valence-electron chi connectivity index (χ0n) is 9.06. The van der Waals surface area contributed by atoms with Crippen molar-refractivity contribution in [2.24, 2.45) is 5.14 Å². The van der Waals surface area contributed by atoms with Gasteiger partial charge in [-0.25, -0.2) is 13.6 Å². The number of benzene rings is 1. The van der Waals surface area contributed by atoms with E-state index in [1.54, 1.807) is 18.2 Å². The van der Waals surface area contributed by atoms with E-state index in [0.29, 0.717) is 0 Å². The lowest BCUT2D eigenvalue weighted by molar-refractivity contribution is 0.143. The van der Waals surface area contributed by atoms with Crippen molar-refractivity contribution >= 4 is 10.0 Å². The third-order valence-corrected chi connectivity index (χ3v) is 2.67. The van der Waals surface area contributed by atoms with Crippen LogP contribution in [0.5, 0.6) is 0 Å². The second-order valence-electron chi connectivity index (χ2n) is 3.85. The fourth-order valence-corrected chi connectivity index (χ4v) is 1.73. The van der Waals surface area contributed by atoms with Gasteiger partial charge < -0.3 is 5.11 Å². The Labute approximate surface area is 95.2 Å². The zero-order valence-corrected chi connectivity index (χ0v) is 9.88. The second-order valence-corrected chi connectivity index (χ2v) is 5.38. The van der Waals surface area contributed by atoms with Gasteiger partial charge in [-0.15, -0.1) is 0 Å². The number of sulfonamides is 1. The highest BCUT2D eigenvalue weighted by atomic mass is 32.2. The number of rotatable bonds is 1. The maximum Gasteiger partial charge on any atom is 0.239 e. The summed E-state index contributed by atoms with van der Waals surface area (Å²) in [6, 6.07) is 6.14. The van der Waals surface area contributed by atoms with E-state index in [1.165, 1.54) is 19.9 Å². The maximum absolute atomic E-state index is 11.2. The summed E-state index contributed by atoms with van der Waals surface area (Å²) < 4.78 is 22.5. The summed E-state index contributed by atoms with van der Waals surface area (Å²) in [5, 5.41) is 14.5. The maximum atomic E-state index is 11.2. The van der Waals surface area contributed by atoms with E-state index in [9.17, 15) is 13.5 Å². The van der Waals surface area contributed by atoms with Gasteiger partial charge in [0.1, 0.15) is 5.60 Å². The molecule has 0 spiro atoms. The average molecular weight is 239 g/mol. The van der Waals surface area contributed by atoms with Crippen LogP contribution < -0.4 is 5.14 Å². The molecular formula is C11H13NO3S. The van der Waals surface area contributed by atoms with Crippen molar-refractivity contribution in [1.82, 2.24) is 0 Å². The van der Waals surface area contributed by atoms with E-state index in [4.69, 9.17) is 5.14 Å². The SMILES string of the molecule is CC(C)(O)C#Cc1ccccc1S(N)(=O)=O. The van der Waals surface area contributed by atoms with Crippen LogP contribution in [0.1, 0.15) is 19.4 Å². The number of hydrogen-bond donors (Lipinski definition) is 2. The summed E-state index contributed by atoms with van der Waals surface area (Å²) in [6.45, 7) is 3.03. The van der Waals surface area contributed by atoms with Crippen molar-refractivity contribution in [3.05, 3.63) is 29.8 Å². The fourth-order valence-electron chi connectivity index (χ4n) is 1.04. The van der Waals surface area contributed by atoms with Crippen LogP contribution in [0, 0.1) is 11.8 Å². The summed E-state index contributed by atoms with van der Waals surface area (Å²) in [7, 11) is -3.79. The van der Waals surface area contributed by atoms with Gasteiger partial charge in [0.15, 0.2) is 0 Å². The summed E-state index contributed by atoms with van der Waals surface area (Å²) in [5.74, 6) is 5.14. The molecule has 3 N–H and O–H groups in total. The quantitative estimate of drug-likeness (QED) is 0.698. The highest BCUT2D eigenvalue weighted by Gasteiger charge is 2.12. The zero-order chi connectivity index (χ0) is 12.4. The molecule has 0 aliphatic carbocycles. The Balaban J connectivity index is 3.30. The van der Waals surface area contributed by atoms with Crippen LogP contribution in [0.15, 0.2) is 29.2 Å². The molecule has 0 aliphatic heterocycles. The lowest BCUT2D eigenvalue weighted by Gasteiger charge is -2.06. The molecule has 16 heavy (non-hydrogen) atoms. The summed E-state index contributed by atoms with van der Waals surface area (Å²) in [5.41, 5.74) is -0.891. The second kappa shape index (κ2) is 4.26. The minimum absolute atomic E-state index is 0.0354. The molecule has 4 nitrogen and oxygen atoms in total. The first-order valence-corrected chi connectivity index (χ1v) is 6.12. The van der Waals surface area contributed by atoms with E-state index < -0.39 is 15.6 Å². The molecule has 0 fully saturated rings. The van der Waals surface area contributed by atoms with Crippen LogP contribution in [0.25, 0.3) is 0 Å². The van der Waals surface area contributed by atoms with E-state index >= 15 is 0 Å². The molecular weight excluding hydrogens is 226 g/mol. The van der Waals surface area contributed by atoms with Gasteiger partial charge in [-0.1, -0.05) is 24.0 Å². The van der Waals surface area contributed by atoms with Crippen molar-refractivity contribution in [2.45, 2.75) is 24.3 Å². The lowest BCUT2D eigenvalue weighted by atomic mass is 10.1. The van der Waals surface area contributed by atoms with Crippen LogP contribution in [0.4, 0.5) is 0 Å². The standard InChI is InChI=1S/C11H13NO3S/c1-11(2,13)8-7-9-5-3-4-6-10(9)16(12,14)15/h3-6,13H,1-2H3,(H2,12,14,15). The Kier molecular flexibility index (Phi) is 3.38. The third kappa shape index (κ3) is 3.66. The van der Waals surface area contributed by atoms with Crippen molar-refractivity contribution < 1.29 is 13.5 Å². The van der Waals surface area contributed by atoms with Gasteiger partial charge in [0.25, 0.3) is 0 Å². The molecule has 0 heterocycles. The molecule has 0 unspecified atom stereocenters. The highest BCUT2D eigenvalue weighted by molar-refractivity contribution is 7.89. The molecule has 1 rings (SSSR count). The Morgan fingerprint density at radius 3 is 2.38 bits per heavy atom. The van der Waals surface area contributed by atoms with Gasteiger partial charge in [0.05, 0.1) is 4.90 Å². The van der Waals surface area contributed by atoms with Crippen molar-refractivity contribution in [3.63, 3.8) is 0 Å². The first kappa shape index (κ1) is 12.7. The van der Waals surface area contributed by atoms with Crippen LogP contribution in [0.3, 0.4) is 0 Å². The van der Waals surface area contributed by atoms with Crippen molar-refractivity contribution in [3.8, 4) is 11.8 Å². The molecule has 5 heteroatoms. The molecule has 0 saturated carbocycles. The molecule has 1 aromatic rings. The Hall–Kier alpha value is -1.35. The fraction of sp³-hybridized carbons (Fsp3) is 0.273. The first-order chi connectivity index (χ1) is 7.20. The molecule has 1 aromatic carbocycles. The number of primary sulfonamides is 1. The van der Waals surface area contributed by atoms with Crippen LogP contribution >= 0.6 is 0 Å². The topological polar surface area (TPSA) is 80.4 Å². The molecule has 0 amide bonds. The van der Waals surface area contributed by atoms with E-state index in [-0.39, 0.29) is 10.5 Å². The van der Waals surface area contributed by atoms with Crippen LogP contribution in [-0.2, 0) is 10.0 Å². The van der Waals surface area contributed by atoms with E-state index in [0.717, 1.165) is 0 Å². The minimum atomic E-state index is -3.79. The van der Waals surface area contributed by atoms with Gasteiger partial charge in [-0.2, -0.15) is 0 Å². The lowest BCUT2D eigenvalue weighted by Crippen LogP contribution is -2.16. The summed E-state index contributed by atoms with van der Waals surface area (Å²) >= 11 is 0. The van der Waals surface area contributed by atoms with Crippen LogP contribution in [-0.4, -0.2) is 19.1 Å². The molecule has 0 bridgehead atoms. The summed E-state index contributed by atoms with van der Waals surface area (Å²) in [6.07, 6.45) is 0. The Morgan fingerprint density at radius 1 is 1.31 bits per heavy atom. The molecule has 0 radical (unpaired) electrons. The largest absolute Gasteiger partial charge is 0.378 e. The number of aliphatic hydroxyl groups is 1. The van der Waals surface area contributed by atoms with E-state index in [1.807, 2.05) is 0 Å². The summed E-state index contributed by atoms with van der Waals surface area (Å²) in [4.78, 5) is -0.0354. The van der Waals surface area contributed by atoms with Crippen LogP contribution in [0.2, 0.25) is 0 Å². The number of hydrogen-bond acceptors (Lipinski definition) is 3. The van der Waals surface area contributed by atoms with Gasteiger partial charge in [-0.05, 0) is 26.0 Å². The molecule has 86 valence electrons. The van der Waals surface area contributed by atoms with Gasteiger partial charge in [0, 0.05) is 5.56 Å². The molecule has 0 atom stereocenters. The van der Waals surface area contributed by atoms with E-state index in [2.05, 4.69) is 11.8 Å². The predicted molar refractivity (Wildman–Crippen MR) is 61.0 cm³/mol. The Bertz CT molecular complexity index is 545. The monoisotopic (exact) mass is 239 g/mol. The first-order valence-electron chi connectivity index (χ1n) is 4.57. The van der Waals surface area contributed by atoms with Crippen molar-refractivity contribution in [1.29, 1.82) is 0 Å². The predicted octanol–water partition coefficient (Wildman–Crippen LogP) is 0.456. The smallest absolute Gasteiger partial charge is 0.239 e. The molecule has 0 aliphatic rings. The minimum Gasteiger partial charge on any atom is -0.378 e. The normalized spacial score (nSPS) is 11.8. The third-order valence-electron chi connectivity index (χ3n) is 1.70. The molecule has 0 aromatic heterocycles.